The lowest BCUT2D eigenvalue weighted by Crippen LogP contribution is -2.51. The first-order valence-electron chi connectivity index (χ1n) is 9.14. The number of benzene rings is 1. The number of hydrogen-bond donors (Lipinski definition) is 1. The highest BCUT2D eigenvalue weighted by Crippen LogP contribution is 2.19. The number of nitrogens with one attached hydrogen (secondary N) is 1. The van der Waals surface area contributed by atoms with Crippen LogP contribution in [0.4, 0.5) is 0 Å². The number of amides is 2. The molecule has 8 nitrogen and oxygen atoms in total. The zero-order chi connectivity index (χ0) is 20.9. The predicted molar refractivity (Wildman–Crippen MR) is 111 cm³/mol. The smallest absolute Gasteiger partial charge is 0.289 e. The van der Waals surface area contributed by atoms with Gasteiger partial charge in [-0.1, -0.05) is 12.1 Å². The molecule has 0 saturated carbocycles. The van der Waals surface area contributed by atoms with E-state index in [0.29, 0.717) is 18.7 Å². The fraction of sp³-hybridized carbons (Fsp3) is 0.368. The molecule has 2 aromatic rings. The molecule has 10 heteroatoms. The average molecular weight is 438 g/mol. The number of nitrogens with zero attached hydrogens (tertiary/aromatic N) is 2. The molecule has 1 fully saturated rings. The summed E-state index contributed by atoms with van der Waals surface area (Å²) in [4.78, 5) is 27.0. The third kappa shape index (κ3) is 5.20. The van der Waals surface area contributed by atoms with Crippen molar-refractivity contribution in [3.63, 3.8) is 0 Å². The van der Waals surface area contributed by atoms with Crippen LogP contribution in [-0.2, 0) is 10.0 Å². The van der Waals surface area contributed by atoms with Gasteiger partial charge in [0.15, 0.2) is 5.76 Å². The molecule has 0 atom stereocenters. The first-order chi connectivity index (χ1) is 13.9. The lowest BCUT2D eigenvalue weighted by Gasteiger charge is -2.33. The van der Waals surface area contributed by atoms with Crippen molar-refractivity contribution in [1.82, 2.24) is 14.5 Å². The van der Waals surface area contributed by atoms with Gasteiger partial charge in [0, 0.05) is 37.6 Å². The van der Waals surface area contributed by atoms with E-state index in [1.165, 1.54) is 22.3 Å². The zero-order valence-electron chi connectivity index (χ0n) is 16.0. The Bertz CT molecular complexity index is 952. The normalized spacial score (nSPS) is 15.3. The maximum absolute atomic E-state index is 12.6. The summed E-state index contributed by atoms with van der Waals surface area (Å²) < 4.78 is 31.6. The summed E-state index contributed by atoms with van der Waals surface area (Å²) in [6.07, 6.45) is 3.31. The van der Waals surface area contributed by atoms with Crippen molar-refractivity contribution in [3.8, 4) is 0 Å². The summed E-state index contributed by atoms with van der Waals surface area (Å²) in [6, 6.07) is 10.4. The van der Waals surface area contributed by atoms with Gasteiger partial charge in [-0.2, -0.15) is 4.31 Å². The third-order valence-electron chi connectivity index (χ3n) is 4.65. The molecule has 1 aromatic heterocycles. The molecule has 0 spiro atoms. The van der Waals surface area contributed by atoms with Gasteiger partial charge in [0.25, 0.3) is 11.8 Å². The summed E-state index contributed by atoms with van der Waals surface area (Å²) in [5.41, 5.74) is 0.530. The molecule has 1 saturated heterocycles. The molecule has 0 bridgehead atoms. The monoisotopic (exact) mass is 437 g/mol. The minimum absolute atomic E-state index is 0.0232. The number of furan rings is 1. The van der Waals surface area contributed by atoms with E-state index in [0.717, 1.165) is 4.90 Å². The van der Waals surface area contributed by atoms with Gasteiger partial charge in [-0.05, 0) is 30.5 Å². The maximum Gasteiger partial charge on any atom is 0.289 e. The predicted octanol–water partition coefficient (Wildman–Crippen LogP) is 1.52. The summed E-state index contributed by atoms with van der Waals surface area (Å²) in [5, 5.41) is 2.68. The molecule has 29 heavy (non-hydrogen) atoms. The van der Waals surface area contributed by atoms with Crippen molar-refractivity contribution < 1.29 is 22.4 Å². The minimum atomic E-state index is -3.53. The molecule has 156 valence electrons. The molecule has 1 aromatic carbocycles. The largest absolute Gasteiger partial charge is 0.459 e. The van der Waals surface area contributed by atoms with Crippen molar-refractivity contribution in [2.75, 3.05) is 44.7 Å². The second kappa shape index (κ2) is 9.47. The van der Waals surface area contributed by atoms with Crippen LogP contribution in [-0.4, -0.2) is 74.2 Å². The van der Waals surface area contributed by atoms with Gasteiger partial charge in [-0.25, -0.2) is 8.42 Å². The van der Waals surface area contributed by atoms with Crippen molar-refractivity contribution in [1.29, 1.82) is 0 Å². The highest BCUT2D eigenvalue weighted by molar-refractivity contribution is 7.98. The summed E-state index contributed by atoms with van der Waals surface area (Å²) >= 11 is 1.46. The lowest BCUT2D eigenvalue weighted by atomic mass is 10.2. The van der Waals surface area contributed by atoms with E-state index in [2.05, 4.69) is 5.32 Å². The molecule has 2 heterocycles. The van der Waals surface area contributed by atoms with Crippen LogP contribution in [0.15, 0.2) is 52.0 Å². The summed E-state index contributed by atoms with van der Waals surface area (Å²) in [5.74, 6) is -0.480. The second-order valence-electron chi connectivity index (χ2n) is 6.44. The molecule has 0 unspecified atom stereocenters. The molecular weight excluding hydrogens is 414 g/mol. The maximum atomic E-state index is 12.6. The Labute approximate surface area is 174 Å². The van der Waals surface area contributed by atoms with E-state index in [1.54, 1.807) is 29.2 Å². The third-order valence-corrected chi connectivity index (χ3v) is 7.32. The first-order valence-corrected chi connectivity index (χ1v) is 12.0. The van der Waals surface area contributed by atoms with Crippen LogP contribution < -0.4 is 5.32 Å². The molecule has 3 rings (SSSR count). The number of thioether (sulfide) groups is 1. The van der Waals surface area contributed by atoms with E-state index >= 15 is 0 Å². The molecule has 0 radical (unpaired) electrons. The van der Waals surface area contributed by atoms with Gasteiger partial charge in [-0.15, -0.1) is 11.8 Å². The topological polar surface area (TPSA) is 99.9 Å². The molecule has 1 aliphatic rings. The number of carbonyl (C=O) groups excluding carboxylic acids is 2. The Morgan fingerprint density at radius 3 is 2.48 bits per heavy atom. The molecule has 2 amide bonds. The quantitative estimate of drug-likeness (QED) is 0.660. The van der Waals surface area contributed by atoms with Crippen LogP contribution in [0.5, 0.6) is 0 Å². The van der Waals surface area contributed by atoms with E-state index in [4.69, 9.17) is 4.42 Å². The molecule has 1 N–H and O–H groups in total. The highest BCUT2D eigenvalue weighted by atomic mass is 32.2. The fourth-order valence-electron chi connectivity index (χ4n) is 3.08. The number of piperazine rings is 1. The Balaban J connectivity index is 1.49. The van der Waals surface area contributed by atoms with Crippen LogP contribution in [0.1, 0.15) is 20.9 Å². The second-order valence-corrected chi connectivity index (χ2v) is 9.38. The highest BCUT2D eigenvalue weighted by Gasteiger charge is 2.29. The average Bonchev–Trinajstić information content (AvgIpc) is 3.28. The van der Waals surface area contributed by atoms with Gasteiger partial charge < -0.3 is 14.6 Å². The van der Waals surface area contributed by atoms with Gasteiger partial charge in [0.2, 0.25) is 10.0 Å². The van der Waals surface area contributed by atoms with Crippen LogP contribution in [0.3, 0.4) is 0 Å². The molecule has 1 aliphatic heterocycles. The number of rotatable bonds is 7. The molecular formula is C19H23N3O5S2. The van der Waals surface area contributed by atoms with Gasteiger partial charge in [0.05, 0.1) is 17.6 Å². The van der Waals surface area contributed by atoms with E-state index in [-0.39, 0.29) is 43.0 Å². The van der Waals surface area contributed by atoms with Crippen molar-refractivity contribution in [3.05, 3.63) is 54.0 Å². The summed E-state index contributed by atoms with van der Waals surface area (Å²) in [6.45, 7) is 1.06. The number of carbonyl (C=O) groups is 2. The Kier molecular flexibility index (Phi) is 6.99. The standard InChI is InChI=1S/C19H23N3O5S2/c1-28-17-7-3-2-5-15(17)18(23)20-8-14-29(25,26)22-11-9-21(10-12-22)19(24)16-6-4-13-27-16/h2-7,13H,8-12,14H2,1H3,(H,20,23). The summed E-state index contributed by atoms with van der Waals surface area (Å²) in [7, 11) is -3.53. The van der Waals surface area contributed by atoms with Gasteiger partial charge in [0.1, 0.15) is 0 Å². The molecule has 0 aliphatic carbocycles. The van der Waals surface area contributed by atoms with Crippen LogP contribution in [0.25, 0.3) is 0 Å². The Morgan fingerprint density at radius 2 is 1.83 bits per heavy atom. The zero-order valence-corrected chi connectivity index (χ0v) is 17.7. The van der Waals surface area contributed by atoms with Crippen LogP contribution >= 0.6 is 11.8 Å². The van der Waals surface area contributed by atoms with Crippen molar-refractivity contribution >= 4 is 33.6 Å². The van der Waals surface area contributed by atoms with Crippen molar-refractivity contribution in [2.45, 2.75) is 4.90 Å². The van der Waals surface area contributed by atoms with Gasteiger partial charge >= 0.3 is 0 Å². The number of sulfonamides is 1. The van der Waals surface area contributed by atoms with Gasteiger partial charge in [-0.3, -0.25) is 9.59 Å². The van der Waals surface area contributed by atoms with Crippen LogP contribution in [0.2, 0.25) is 0 Å². The Morgan fingerprint density at radius 1 is 1.10 bits per heavy atom. The lowest BCUT2D eigenvalue weighted by molar-refractivity contribution is 0.0665. The fourth-order valence-corrected chi connectivity index (χ4v) is 5.01. The van der Waals surface area contributed by atoms with E-state index in [1.807, 2.05) is 18.4 Å². The Hall–Kier alpha value is -2.30. The van der Waals surface area contributed by atoms with Crippen molar-refractivity contribution in [2.24, 2.45) is 0 Å². The minimum Gasteiger partial charge on any atom is -0.459 e. The first kappa shape index (κ1) is 21.4. The van der Waals surface area contributed by atoms with E-state index < -0.39 is 10.0 Å². The van der Waals surface area contributed by atoms with Crippen LogP contribution in [0, 0.1) is 0 Å². The van der Waals surface area contributed by atoms with E-state index in [9.17, 15) is 18.0 Å². The number of hydrogen-bond acceptors (Lipinski definition) is 6. The SMILES string of the molecule is CSc1ccccc1C(=O)NCCS(=O)(=O)N1CCN(C(=O)c2ccco2)CC1.